The van der Waals surface area contributed by atoms with Crippen molar-refractivity contribution in [3.8, 4) is 0 Å². The minimum absolute atomic E-state index is 0.805. The third kappa shape index (κ3) is 4.78. The van der Waals surface area contributed by atoms with Crippen LogP contribution in [0.5, 0.6) is 0 Å². The van der Waals surface area contributed by atoms with Crippen LogP contribution in [0.4, 0.5) is 17.3 Å². The molecule has 0 radical (unpaired) electrons. The second-order valence-electron chi connectivity index (χ2n) is 6.46. The van der Waals surface area contributed by atoms with E-state index in [1.165, 1.54) is 28.8 Å². The zero-order valence-corrected chi connectivity index (χ0v) is 15.6. The van der Waals surface area contributed by atoms with Gasteiger partial charge in [0.15, 0.2) is 0 Å². The third-order valence-electron chi connectivity index (χ3n) is 4.58. The average Bonchev–Trinajstić information content (AvgIpc) is 3.49. The van der Waals surface area contributed by atoms with Gasteiger partial charge in [0.2, 0.25) is 0 Å². The Hall–Kier alpha value is -2.13. The maximum Gasteiger partial charge on any atom is 0.673 e. The summed E-state index contributed by atoms with van der Waals surface area (Å²) in [5.41, 5.74) is 0.805. The maximum atomic E-state index is 9.75. The molecule has 140 valence electrons. The van der Waals surface area contributed by atoms with E-state index in [2.05, 4.69) is 91.0 Å². The van der Waals surface area contributed by atoms with Gasteiger partial charge in [0.1, 0.15) is 23.2 Å². The summed E-state index contributed by atoms with van der Waals surface area (Å²) in [5.74, 6) is 0. The quantitative estimate of drug-likeness (QED) is 0.316. The molecule has 0 nitrogen and oxygen atoms in total. The Morgan fingerprint density at radius 2 is 0.815 bits per heavy atom. The molecule has 0 aromatic heterocycles. The predicted molar refractivity (Wildman–Crippen MR) is 108 cm³/mol. The fourth-order valence-corrected chi connectivity index (χ4v) is 8.54. The lowest BCUT2D eigenvalue weighted by Gasteiger charge is -2.27. The molecule has 0 saturated heterocycles. The second-order valence-corrected chi connectivity index (χ2v) is 10.2. The van der Waals surface area contributed by atoms with E-state index in [0.29, 0.717) is 0 Å². The van der Waals surface area contributed by atoms with Crippen LogP contribution >= 0.6 is 7.26 Å². The van der Waals surface area contributed by atoms with Gasteiger partial charge in [0.05, 0.1) is 5.66 Å². The third-order valence-corrected chi connectivity index (χ3v) is 9.53. The first kappa shape index (κ1) is 19.6. The molecular formula is C21H20BF4P. The fraction of sp³-hybridized carbons (Fsp3) is 0.143. The molecule has 0 N–H and O–H groups in total. The van der Waals surface area contributed by atoms with Crippen LogP contribution < -0.4 is 15.9 Å². The summed E-state index contributed by atoms with van der Waals surface area (Å²) in [4.78, 5) is 0. The Labute approximate surface area is 157 Å². The Morgan fingerprint density at radius 3 is 1.04 bits per heavy atom. The van der Waals surface area contributed by atoms with Gasteiger partial charge in [0.25, 0.3) is 0 Å². The number of benzene rings is 3. The fourth-order valence-electron chi connectivity index (χ4n) is 3.53. The Morgan fingerprint density at radius 1 is 0.556 bits per heavy atom. The smallest absolute Gasteiger partial charge is 0.418 e. The summed E-state index contributed by atoms with van der Waals surface area (Å²) in [6, 6.07) is 33.6. The van der Waals surface area contributed by atoms with E-state index < -0.39 is 14.5 Å². The number of hydrogen-bond donors (Lipinski definition) is 0. The molecule has 6 heteroatoms. The summed E-state index contributed by atoms with van der Waals surface area (Å²) in [6.07, 6.45) is 2.71. The van der Waals surface area contributed by atoms with Gasteiger partial charge in [-0.05, 0) is 49.2 Å². The molecule has 0 bridgehead atoms. The van der Waals surface area contributed by atoms with Crippen molar-refractivity contribution in [2.75, 3.05) is 0 Å². The van der Waals surface area contributed by atoms with Crippen LogP contribution in [-0.2, 0) is 0 Å². The highest BCUT2D eigenvalue weighted by Gasteiger charge is 2.57. The largest absolute Gasteiger partial charge is 0.673 e. The van der Waals surface area contributed by atoms with Gasteiger partial charge in [-0.2, -0.15) is 0 Å². The summed E-state index contributed by atoms with van der Waals surface area (Å²) in [6.45, 7) is 0. The zero-order valence-electron chi connectivity index (χ0n) is 14.7. The molecule has 4 rings (SSSR count). The van der Waals surface area contributed by atoms with Crippen molar-refractivity contribution in [1.82, 2.24) is 0 Å². The van der Waals surface area contributed by atoms with Gasteiger partial charge in [0, 0.05) is 0 Å². The lowest BCUT2D eigenvalue weighted by molar-refractivity contribution is 0.368. The van der Waals surface area contributed by atoms with Crippen molar-refractivity contribution < 1.29 is 17.3 Å². The van der Waals surface area contributed by atoms with Crippen LogP contribution in [0.15, 0.2) is 91.0 Å². The molecule has 0 amide bonds. The van der Waals surface area contributed by atoms with Crippen molar-refractivity contribution in [3.05, 3.63) is 91.0 Å². The molecule has 3 aromatic carbocycles. The van der Waals surface area contributed by atoms with E-state index in [1.807, 2.05) is 0 Å². The minimum Gasteiger partial charge on any atom is -0.418 e. The van der Waals surface area contributed by atoms with Crippen LogP contribution in [-0.4, -0.2) is 12.9 Å². The van der Waals surface area contributed by atoms with Crippen molar-refractivity contribution in [3.63, 3.8) is 0 Å². The van der Waals surface area contributed by atoms with Crippen molar-refractivity contribution >= 4 is 30.4 Å². The lowest BCUT2D eigenvalue weighted by atomic mass is 10.3. The van der Waals surface area contributed by atoms with E-state index in [9.17, 15) is 17.3 Å². The highest BCUT2D eigenvalue weighted by Crippen LogP contribution is 2.67. The van der Waals surface area contributed by atoms with Crippen LogP contribution in [0.2, 0.25) is 0 Å². The summed E-state index contributed by atoms with van der Waals surface area (Å²) in [5, 5.41) is 4.57. The van der Waals surface area contributed by atoms with Gasteiger partial charge >= 0.3 is 7.25 Å². The van der Waals surface area contributed by atoms with Gasteiger partial charge in [-0.25, -0.2) is 0 Å². The average molecular weight is 390 g/mol. The highest BCUT2D eigenvalue weighted by atomic mass is 31.2. The minimum atomic E-state index is -6.00. The van der Waals surface area contributed by atoms with Crippen molar-refractivity contribution in [2.45, 2.75) is 18.5 Å². The zero-order chi connectivity index (χ0) is 19.3. The van der Waals surface area contributed by atoms with E-state index in [-0.39, 0.29) is 0 Å². The molecular weight excluding hydrogens is 370 g/mol. The predicted octanol–water partition coefficient (Wildman–Crippen LogP) is 5.44. The molecule has 1 aliphatic carbocycles. The number of halogens is 4. The van der Waals surface area contributed by atoms with E-state index >= 15 is 0 Å². The molecule has 0 aliphatic heterocycles. The van der Waals surface area contributed by atoms with Crippen molar-refractivity contribution in [2.24, 2.45) is 0 Å². The topological polar surface area (TPSA) is 0 Å². The van der Waals surface area contributed by atoms with Crippen LogP contribution in [0.3, 0.4) is 0 Å². The van der Waals surface area contributed by atoms with Gasteiger partial charge in [-0.3, -0.25) is 0 Å². The maximum absolute atomic E-state index is 9.75. The first-order valence-electron chi connectivity index (χ1n) is 8.85. The molecule has 0 unspecified atom stereocenters. The number of rotatable bonds is 4. The van der Waals surface area contributed by atoms with Crippen LogP contribution in [0, 0.1) is 0 Å². The van der Waals surface area contributed by atoms with Crippen LogP contribution in [0.25, 0.3) is 0 Å². The first-order valence-corrected chi connectivity index (χ1v) is 10.7. The van der Waals surface area contributed by atoms with Crippen LogP contribution in [0.1, 0.15) is 12.8 Å². The molecule has 1 aliphatic rings. The first-order chi connectivity index (χ1) is 12.9. The summed E-state index contributed by atoms with van der Waals surface area (Å²) >= 11 is 0. The monoisotopic (exact) mass is 390 g/mol. The van der Waals surface area contributed by atoms with Gasteiger partial charge in [-0.15, -0.1) is 0 Å². The summed E-state index contributed by atoms with van der Waals surface area (Å²) < 4.78 is 39.0. The Balaban J connectivity index is 0.000000376. The normalized spacial score (nSPS) is 14.2. The molecule has 1 saturated carbocycles. The number of hydrogen-bond acceptors (Lipinski definition) is 0. The standard InChI is InChI=1S/C21H20P.BF4/c1-4-10-18(11-5-1)22(21-16-17-21,19-12-6-2-7-13-19)20-14-8-3-9-15-20;2-1(3,4)5/h1-15,21H,16-17H2;/q+1;-1. The van der Waals surface area contributed by atoms with Gasteiger partial charge in [-0.1, -0.05) is 54.6 Å². The highest BCUT2D eigenvalue weighted by molar-refractivity contribution is 7.96. The Bertz CT molecular complexity index is 732. The SMILES string of the molecule is F[B-](F)(F)F.c1ccc([P+](c2ccccc2)(c2ccccc2)C2CC2)cc1. The van der Waals surface area contributed by atoms with E-state index in [0.717, 1.165) is 5.66 Å². The molecule has 3 aromatic rings. The van der Waals surface area contributed by atoms with Gasteiger partial charge < -0.3 is 17.3 Å². The van der Waals surface area contributed by atoms with E-state index in [4.69, 9.17) is 0 Å². The second kappa shape index (κ2) is 8.27. The van der Waals surface area contributed by atoms with E-state index in [1.54, 1.807) is 0 Å². The summed E-state index contributed by atoms with van der Waals surface area (Å²) in [7, 11) is -7.51. The Kier molecular flexibility index (Phi) is 6.01. The molecule has 0 heterocycles. The van der Waals surface area contributed by atoms with Crippen molar-refractivity contribution in [1.29, 1.82) is 0 Å². The molecule has 0 spiro atoms. The lowest BCUT2D eigenvalue weighted by Crippen LogP contribution is -2.34. The molecule has 0 atom stereocenters. The molecule has 27 heavy (non-hydrogen) atoms. The molecule has 1 fully saturated rings.